The Morgan fingerprint density at radius 2 is 1.70 bits per heavy atom. The quantitative estimate of drug-likeness (QED) is 0.573. The van der Waals surface area contributed by atoms with Gasteiger partial charge in [0.05, 0.1) is 24.2 Å². The summed E-state index contributed by atoms with van der Waals surface area (Å²) in [6, 6.07) is 19.9. The smallest absolute Gasteiger partial charge is 0.264 e. The predicted molar refractivity (Wildman–Crippen MR) is 124 cm³/mol. The highest BCUT2D eigenvalue weighted by Gasteiger charge is 2.23. The van der Waals surface area contributed by atoms with Crippen molar-refractivity contribution in [1.29, 1.82) is 0 Å². The largest absolute Gasteiger partial charge is 0.497 e. The molecule has 0 bridgehead atoms. The van der Waals surface area contributed by atoms with Crippen LogP contribution in [0.25, 0.3) is 0 Å². The van der Waals surface area contributed by atoms with Gasteiger partial charge in [0.1, 0.15) is 18.5 Å². The molecule has 33 heavy (non-hydrogen) atoms. The van der Waals surface area contributed by atoms with Crippen molar-refractivity contribution in [2.75, 3.05) is 31.6 Å². The van der Waals surface area contributed by atoms with Gasteiger partial charge >= 0.3 is 0 Å². The highest BCUT2D eigenvalue weighted by atomic mass is 32.2. The molecular weight excluding hydrogens is 444 g/mol. The van der Waals surface area contributed by atoms with Crippen molar-refractivity contribution in [2.24, 2.45) is 0 Å². The molecule has 0 saturated carbocycles. The molecule has 0 radical (unpaired) electrons. The average molecular weight is 469 g/mol. The van der Waals surface area contributed by atoms with Crippen LogP contribution in [0.1, 0.15) is 10.4 Å². The van der Waals surface area contributed by atoms with E-state index in [4.69, 9.17) is 14.2 Å². The molecule has 1 N–H and O–H groups in total. The third-order valence-corrected chi connectivity index (χ3v) is 7.07. The van der Waals surface area contributed by atoms with E-state index >= 15 is 0 Å². The zero-order chi connectivity index (χ0) is 23.4. The van der Waals surface area contributed by atoms with Gasteiger partial charge in [0.2, 0.25) is 0 Å². The second kappa shape index (κ2) is 9.41. The van der Waals surface area contributed by atoms with Gasteiger partial charge in [-0.1, -0.05) is 12.1 Å². The molecule has 3 aromatic rings. The number of rotatable bonds is 7. The Morgan fingerprint density at radius 3 is 2.36 bits per heavy atom. The fraction of sp³-hybridized carbons (Fsp3) is 0.208. The van der Waals surface area contributed by atoms with Gasteiger partial charge in [0.25, 0.3) is 15.9 Å². The molecule has 8 nitrogen and oxygen atoms in total. The summed E-state index contributed by atoms with van der Waals surface area (Å²) in [7, 11) is -0.771. The summed E-state index contributed by atoms with van der Waals surface area (Å²) < 4.78 is 43.5. The van der Waals surface area contributed by atoms with Crippen LogP contribution in [0, 0.1) is 0 Å². The third-order valence-electron chi connectivity index (χ3n) is 5.27. The molecule has 0 aromatic heterocycles. The summed E-state index contributed by atoms with van der Waals surface area (Å²) >= 11 is 0. The number of fused-ring (bicyclic) bond motifs is 1. The maximum atomic E-state index is 12.9. The van der Waals surface area contributed by atoms with E-state index in [1.807, 2.05) is 24.3 Å². The van der Waals surface area contributed by atoms with Gasteiger partial charge in [-0.3, -0.25) is 9.10 Å². The van der Waals surface area contributed by atoms with Crippen molar-refractivity contribution in [3.05, 3.63) is 78.4 Å². The molecule has 0 aliphatic carbocycles. The maximum Gasteiger partial charge on any atom is 0.264 e. The van der Waals surface area contributed by atoms with E-state index in [0.29, 0.717) is 35.1 Å². The number of carbonyl (C=O) groups is 1. The zero-order valence-corrected chi connectivity index (χ0v) is 19.0. The number of benzene rings is 3. The van der Waals surface area contributed by atoms with Crippen LogP contribution in [0.2, 0.25) is 0 Å². The lowest BCUT2D eigenvalue weighted by atomic mass is 10.2. The Kier molecular flexibility index (Phi) is 6.41. The molecule has 0 spiro atoms. The topological polar surface area (TPSA) is 94.2 Å². The van der Waals surface area contributed by atoms with Crippen LogP contribution < -0.4 is 23.8 Å². The number of sulfonamides is 1. The van der Waals surface area contributed by atoms with Gasteiger partial charge in [0.15, 0.2) is 11.5 Å². The van der Waals surface area contributed by atoms with Crippen LogP contribution >= 0.6 is 0 Å². The van der Waals surface area contributed by atoms with Crippen LogP contribution in [0.4, 0.5) is 5.69 Å². The lowest BCUT2D eigenvalue weighted by Gasteiger charge is -2.26. The fourth-order valence-corrected chi connectivity index (χ4v) is 4.54. The number of methoxy groups -OCH3 is 1. The van der Waals surface area contributed by atoms with Crippen molar-refractivity contribution < 1.29 is 27.4 Å². The first kappa shape index (κ1) is 22.5. The first-order valence-electron chi connectivity index (χ1n) is 10.3. The van der Waals surface area contributed by atoms with Gasteiger partial charge in [-0.05, 0) is 60.7 Å². The molecule has 1 aliphatic rings. The van der Waals surface area contributed by atoms with Gasteiger partial charge in [-0.25, -0.2) is 8.42 Å². The van der Waals surface area contributed by atoms with Gasteiger partial charge in [-0.2, -0.15) is 0 Å². The second-order valence-corrected chi connectivity index (χ2v) is 9.37. The fourth-order valence-electron chi connectivity index (χ4n) is 3.34. The lowest BCUT2D eigenvalue weighted by Crippen LogP contribution is -2.40. The highest BCUT2D eigenvalue weighted by Crippen LogP contribution is 2.30. The number of ether oxygens (including phenoxy) is 3. The Morgan fingerprint density at radius 1 is 1.03 bits per heavy atom. The van der Waals surface area contributed by atoms with Crippen molar-refractivity contribution >= 4 is 21.6 Å². The summed E-state index contributed by atoms with van der Waals surface area (Å²) in [5, 5.41) is 2.83. The molecule has 4 rings (SSSR count). The third kappa shape index (κ3) is 4.88. The van der Waals surface area contributed by atoms with E-state index in [-0.39, 0.29) is 23.5 Å². The number of carbonyl (C=O) groups excluding carboxylic acids is 1. The average Bonchev–Trinajstić information content (AvgIpc) is 2.86. The number of anilines is 1. The minimum absolute atomic E-state index is 0.142. The first-order chi connectivity index (χ1) is 15.9. The summed E-state index contributed by atoms with van der Waals surface area (Å²) in [6.07, 6.45) is -0.302. The predicted octanol–water partition coefficient (Wildman–Crippen LogP) is 3.09. The summed E-state index contributed by atoms with van der Waals surface area (Å²) in [6.45, 7) is 0.616. The van der Waals surface area contributed by atoms with Gasteiger partial charge < -0.3 is 19.5 Å². The first-order valence-corrected chi connectivity index (χ1v) is 11.7. The van der Waals surface area contributed by atoms with E-state index in [1.54, 1.807) is 36.4 Å². The highest BCUT2D eigenvalue weighted by molar-refractivity contribution is 7.92. The number of hydrogen-bond acceptors (Lipinski definition) is 6. The van der Waals surface area contributed by atoms with E-state index in [1.165, 1.54) is 30.6 Å². The maximum absolute atomic E-state index is 12.9. The van der Waals surface area contributed by atoms with Gasteiger partial charge in [0, 0.05) is 12.6 Å². The van der Waals surface area contributed by atoms with Crippen molar-refractivity contribution in [3.8, 4) is 17.2 Å². The molecule has 0 unspecified atom stereocenters. The van der Waals surface area contributed by atoms with E-state index < -0.39 is 10.0 Å². The van der Waals surface area contributed by atoms with E-state index in [2.05, 4.69) is 5.32 Å². The molecule has 9 heteroatoms. The van der Waals surface area contributed by atoms with E-state index in [0.717, 1.165) is 0 Å². The minimum Gasteiger partial charge on any atom is -0.497 e. The van der Waals surface area contributed by atoms with Crippen LogP contribution in [-0.4, -0.2) is 47.7 Å². The van der Waals surface area contributed by atoms with Crippen LogP contribution in [0.3, 0.4) is 0 Å². The molecule has 0 saturated heterocycles. The summed E-state index contributed by atoms with van der Waals surface area (Å²) in [4.78, 5) is 12.7. The SMILES string of the molecule is COc1ccc(S(=O)(=O)N(C)c2ccc(C(=O)NC[C@H]3COc4ccccc4O3)cc2)cc1. The number of nitrogens with zero attached hydrogens (tertiary/aromatic N) is 1. The molecule has 172 valence electrons. The van der Waals surface area contributed by atoms with Crippen LogP contribution in [-0.2, 0) is 10.0 Å². The molecule has 1 aliphatic heterocycles. The standard InChI is InChI=1S/C24H24N2O6S/c1-26(33(28,29)21-13-11-19(30-2)12-14-21)18-9-7-17(8-10-18)24(27)25-15-20-16-31-22-5-3-4-6-23(22)32-20/h3-14,20H,15-16H2,1-2H3,(H,25,27)/t20-/m0/s1. The molecule has 3 aromatic carbocycles. The second-order valence-electron chi connectivity index (χ2n) is 7.40. The zero-order valence-electron chi connectivity index (χ0n) is 18.2. The Labute approximate surface area is 192 Å². The normalized spacial score (nSPS) is 14.9. The van der Waals surface area contributed by atoms with Crippen LogP contribution in [0.15, 0.2) is 77.7 Å². The summed E-state index contributed by atoms with van der Waals surface area (Å²) in [5.41, 5.74) is 0.842. The lowest BCUT2D eigenvalue weighted by molar-refractivity contribution is 0.0789. The molecule has 1 amide bonds. The van der Waals surface area contributed by atoms with Crippen molar-refractivity contribution in [2.45, 2.75) is 11.0 Å². The summed E-state index contributed by atoms with van der Waals surface area (Å²) in [5.74, 6) is 1.61. The molecule has 1 heterocycles. The van der Waals surface area contributed by atoms with Crippen molar-refractivity contribution in [3.63, 3.8) is 0 Å². The molecule has 0 fully saturated rings. The van der Waals surface area contributed by atoms with Crippen molar-refractivity contribution in [1.82, 2.24) is 5.32 Å². The van der Waals surface area contributed by atoms with Crippen LogP contribution in [0.5, 0.6) is 17.2 Å². The Hall–Kier alpha value is -3.72. The number of para-hydroxylation sites is 2. The van der Waals surface area contributed by atoms with Gasteiger partial charge in [-0.15, -0.1) is 0 Å². The minimum atomic E-state index is -3.75. The molecule has 1 atom stereocenters. The number of amides is 1. The van der Waals surface area contributed by atoms with E-state index in [9.17, 15) is 13.2 Å². The monoisotopic (exact) mass is 468 g/mol. The Balaban J connectivity index is 1.37. The Bertz CT molecular complexity index is 1230. The number of nitrogens with one attached hydrogen (secondary N) is 1. The molecular formula is C24H24N2O6S. The number of hydrogen-bond donors (Lipinski definition) is 1.